The van der Waals surface area contributed by atoms with Crippen molar-refractivity contribution in [1.29, 1.82) is 0 Å². The van der Waals surface area contributed by atoms with Crippen molar-refractivity contribution in [3.05, 3.63) is 11.8 Å². The lowest BCUT2D eigenvalue weighted by Gasteiger charge is -2.18. The molecule has 1 aliphatic rings. The second-order valence-electron chi connectivity index (χ2n) is 4.87. The van der Waals surface area contributed by atoms with E-state index in [0.29, 0.717) is 11.8 Å². The van der Waals surface area contributed by atoms with Gasteiger partial charge in [0, 0.05) is 24.7 Å². The number of carbonyl (C=O) groups is 1. The fourth-order valence-corrected chi connectivity index (χ4v) is 1.33. The third kappa shape index (κ3) is 4.11. The zero-order valence-corrected chi connectivity index (χ0v) is 8.81. The van der Waals surface area contributed by atoms with Crippen molar-refractivity contribution < 1.29 is 4.79 Å². The van der Waals surface area contributed by atoms with Crippen LogP contribution in [-0.4, -0.2) is 12.3 Å². The molecule has 0 saturated carbocycles. The van der Waals surface area contributed by atoms with Crippen LogP contribution in [0.1, 0.15) is 40.0 Å². The van der Waals surface area contributed by atoms with Gasteiger partial charge >= 0.3 is 0 Å². The first-order valence-electron chi connectivity index (χ1n) is 4.95. The lowest BCUT2D eigenvalue weighted by atomic mass is 9.92. The number of allylic oxidation sites excluding steroid dienone is 2. The van der Waals surface area contributed by atoms with Crippen LogP contribution in [0.5, 0.6) is 0 Å². The second-order valence-corrected chi connectivity index (χ2v) is 4.87. The van der Waals surface area contributed by atoms with Crippen LogP contribution >= 0.6 is 0 Å². The van der Waals surface area contributed by atoms with Crippen molar-refractivity contribution in [1.82, 2.24) is 5.32 Å². The molecule has 0 aromatic rings. The van der Waals surface area contributed by atoms with Gasteiger partial charge in [-0.2, -0.15) is 0 Å². The molecule has 0 radical (unpaired) electrons. The SMILES string of the molecule is CC(C)(C)CCNC1=CC(=O)CC1. The average Bonchev–Trinajstić information content (AvgIpc) is 2.33. The van der Waals surface area contributed by atoms with Crippen LogP contribution in [0.3, 0.4) is 0 Å². The molecule has 0 aliphatic heterocycles. The molecule has 0 aromatic carbocycles. The summed E-state index contributed by atoms with van der Waals surface area (Å²) in [6.07, 6.45) is 4.47. The minimum atomic E-state index is 0.262. The van der Waals surface area contributed by atoms with E-state index in [4.69, 9.17) is 0 Å². The Morgan fingerprint density at radius 2 is 2.08 bits per heavy atom. The summed E-state index contributed by atoms with van der Waals surface area (Å²) in [7, 11) is 0. The van der Waals surface area contributed by atoms with Crippen LogP contribution < -0.4 is 5.32 Å². The van der Waals surface area contributed by atoms with Gasteiger partial charge in [-0.1, -0.05) is 20.8 Å². The van der Waals surface area contributed by atoms with Gasteiger partial charge in [0.1, 0.15) is 0 Å². The summed E-state index contributed by atoms with van der Waals surface area (Å²) < 4.78 is 0. The van der Waals surface area contributed by atoms with Gasteiger partial charge in [-0.05, 0) is 18.3 Å². The van der Waals surface area contributed by atoms with Gasteiger partial charge in [0.2, 0.25) is 0 Å². The highest BCUT2D eigenvalue weighted by Gasteiger charge is 2.13. The number of hydrogen-bond acceptors (Lipinski definition) is 2. The number of hydrogen-bond donors (Lipinski definition) is 1. The minimum absolute atomic E-state index is 0.262. The highest BCUT2D eigenvalue weighted by Crippen LogP contribution is 2.18. The second kappa shape index (κ2) is 3.95. The molecule has 1 N–H and O–H groups in total. The van der Waals surface area contributed by atoms with E-state index < -0.39 is 0 Å². The Bertz CT molecular complexity index is 223. The number of carbonyl (C=O) groups excluding carboxylic acids is 1. The fraction of sp³-hybridized carbons (Fsp3) is 0.727. The maximum absolute atomic E-state index is 10.9. The van der Waals surface area contributed by atoms with Crippen LogP contribution in [0, 0.1) is 5.41 Å². The van der Waals surface area contributed by atoms with Gasteiger partial charge in [0.05, 0.1) is 0 Å². The molecule has 0 amide bonds. The van der Waals surface area contributed by atoms with Gasteiger partial charge in [-0.15, -0.1) is 0 Å². The van der Waals surface area contributed by atoms with E-state index in [1.807, 2.05) is 0 Å². The Hall–Kier alpha value is -0.790. The van der Waals surface area contributed by atoms with Gasteiger partial charge in [0.25, 0.3) is 0 Å². The molecule has 74 valence electrons. The van der Waals surface area contributed by atoms with Crippen molar-refractivity contribution >= 4 is 5.78 Å². The van der Waals surface area contributed by atoms with Crippen molar-refractivity contribution in [2.24, 2.45) is 5.41 Å². The monoisotopic (exact) mass is 181 g/mol. The van der Waals surface area contributed by atoms with Gasteiger partial charge in [0.15, 0.2) is 5.78 Å². The first-order valence-corrected chi connectivity index (χ1v) is 4.95. The molecule has 0 saturated heterocycles. The molecule has 13 heavy (non-hydrogen) atoms. The summed E-state index contributed by atoms with van der Waals surface area (Å²) in [6.45, 7) is 7.65. The van der Waals surface area contributed by atoms with Crippen molar-refractivity contribution in [3.63, 3.8) is 0 Å². The Balaban J connectivity index is 2.20. The number of ketones is 1. The topological polar surface area (TPSA) is 29.1 Å². The lowest BCUT2D eigenvalue weighted by molar-refractivity contribution is -0.114. The molecule has 0 bridgehead atoms. The van der Waals surface area contributed by atoms with Crippen LogP contribution in [0.4, 0.5) is 0 Å². The van der Waals surface area contributed by atoms with E-state index in [0.717, 1.165) is 25.1 Å². The summed E-state index contributed by atoms with van der Waals surface area (Å²) in [5.41, 5.74) is 1.49. The van der Waals surface area contributed by atoms with Crippen molar-refractivity contribution in [2.45, 2.75) is 40.0 Å². The molecule has 0 fully saturated rings. The Morgan fingerprint density at radius 1 is 1.38 bits per heavy atom. The van der Waals surface area contributed by atoms with Crippen molar-refractivity contribution in [3.8, 4) is 0 Å². The first kappa shape index (κ1) is 10.3. The standard InChI is InChI=1S/C11H19NO/c1-11(2,3)6-7-12-9-4-5-10(13)8-9/h8,12H,4-7H2,1-3H3. The van der Waals surface area contributed by atoms with Crippen LogP contribution in [0.25, 0.3) is 0 Å². The molecule has 0 atom stereocenters. The molecule has 0 aromatic heterocycles. The van der Waals surface area contributed by atoms with Gasteiger partial charge in [-0.3, -0.25) is 4.79 Å². The lowest BCUT2D eigenvalue weighted by Crippen LogP contribution is -2.19. The molecular weight excluding hydrogens is 162 g/mol. The van der Waals surface area contributed by atoms with Gasteiger partial charge in [-0.25, -0.2) is 0 Å². The van der Waals surface area contributed by atoms with E-state index in [-0.39, 0.29) is 5.78 Å². The molecule has 2 heteroatoms. The largest absolute Gasteiger partial charge is 0.388 e. The third-order valence-electron chi connectivity index (χ3n) is 2.20. The molecule has 0 heterocycles. The summed E-state index contributed by atoms with van der Waals surface area (Å²) in [5, 5.41) is 3.31. The average molecular weight is 181 g/mol. The Labute approximate surface area is 80.4 Å². The fourth-order valence-electron chi connectivity index (χ4n) is 1.33. The van der Waals surface area contributed by atoms with E-state index in [9.17, 15) is 4.79 Å². The van der Waals surface area contributed by atoms with Gasteiger partial charge < -0.3 is 5.32 Å². The summed E-state index contributed by atoms with van der Waals surface area (Å²) in [4.78, 5) is 10.9. The Kier molecular flexibility index (Phi) is 3.12. The normalized spacial score (nSPS) is 17.5. The number of nitrogens with one attached hydrogen (secondary N) is 1. The van der Waals surface area contributed by atoms with Crippen molar-refractivity contribution in [2.75, 3.05) is 6.54 Å². The smallest absolute Gasteiger partial charge is 0.157 e. The summed E-state index contributed by atoms with van der Waals surface area (Å²) in [6, 6.07) is 0. The van der Waals surface area contributed by atoms with Crippen LogP contribution in [-0.2, 0) is 4.79 Å². The Morgan fingerprint density at radius 3 is 2.54 bits per heavy atom. The van der Waals surface area contributed by atoms with E-state index in [1.54, 1.807) is 6.08 Å². The zero-order valence-electron chi connectivity index (χ0n) is 8.81. The quantitative estimate of drug-likeness (QED) is 0.723. The minimum Gasteiger partial charge on any atom is -0.388 e. The third-order valence-corrected chi connectivity index (χ3v) is 2.20. The molecular formula is C11H19NO. The zero-order chi connectivity index (χ0) is 9.90. The predicted octanol–water partition coefficient (Wildman–Crippen LogP) is 2.26. The van der Waals surface area contributed by atoms with E-state index in [1.165, 1.54) is 0 Å². The molecule has 0 unspecified atom stereocenters. The van der Waals surface area contributed by atoms with E-state index >= 15 is 0 Å². The maximum atomic E-state index is 10.9. The highest BCUT2D eigenvalue weighted by molar-refractivity contribution is 5.92. The van der Waals surface area contributed by atoms with E-state index in [2.05, 4.69) is 26.1 Å². The predicted molar refractivity (Wildman–Crippen MR) is 54.4 cm³/mol. The first-order chi connectivity index (χ1) is 5.97. The van der Waals surface area contributed by atoms with Crippen LogP contribution in [0.2, 0.25) is 0 Å². The highest BCUT2D eigenvalue weighted by atomic mass is 16.1. The summed E-state index contributed by atoms with van der Waals surface area (Å²) >= 11 is 0. The van der Waals surface area contributed by atoms with Crippen LogP contribution in [0.15, 0.2) is 11.8 Å². The molecule has 2 nitrogen and oxygen atoms in total. The summed E-state index contributed by atoms with van der Waals surface area (Å²) in [5.74, 6) is 0.262. The molecule has 1 rings (SSSR count). The maximum Gasteiger partial charge on any atom is 0.157 e. The number of rotatable bonds is 3. The molecule has 1 aliphatic carbocycles. The molecule has 0 spiro atoms.